The van der Waals surface area contributed by atoms with Crippen LogP contribution in [0.1, 0.15) is 42.0 Å². The van der Waals surface area contributed by atoms with Gasteiger partial charge in [-0.15, -0.1) is 0 Å². The van der Waals surface area contributed by atoms with E-state index in [1.54, 1.807) is 0 Å². The Morgan fingerprint density at radius 1 is 0.484 bits per heavy atom. The van der Waals surface area contributed by atoms with Crippen LogP contribution in [0.2, 0.25) is 0 Å². The van der Waals surface area contributed by atoms with Crippen molar-refractivity contribution in [3.05, 3.63) is 71.3 Å². The summed E-state index contributed by atoms with van der Waals surface area (Å²) in [7, 11) is 0. The molecule has 31 heavy (non-hydrogen) atoms. The van der Waals surface area contributed by atoms with Crippen molar-refractivity contribution in [1.82, 2.24) is 30.8 Å². The van der Waals surface area contributed by atoms with Crippen molar-refractivity contribution in [2.75, 3.05) is 13.1 Å². The van der Waals surface area contributed by atoms with Crippen LogP contribution in [0.15, 0.2) is 48.5 Å². The number of aromatic nitrogens is 4. The van der Waals surface area contributed by atoms with E-state index in [9.17, 15) is 0 Å². The summed E-state index contributed by atoms with van der Waals surface area (Å²) in [5.74, 6) is 0. The Morgan fingerprint density at radius 3 is 1.19 bits per heavy atom. The van der Waals surface area contributed by atoms with Crippen molar-refractivity contribution in [3.8, 4) is 0 Å². The molecule has 1 fully saturated rings. The maximum Gasteiger partial charge on any atom is 0.0658 e. The van der Waals surface area contributed by atoms with E-state index in [2.05, 4.69) is 55.1 Å². The molecule has 0 aromatic carbocycles. The third kappa shape index (κ3) is 5.17. The number of rotatable bonds is 0. The molecule has 0 unspecified atom stereocenters. The van der Waals surface area contributed by atoms with Gasteiger partial charge in [-0.2, -0.15) is 0 Å². The van der Waals surface area contributed by atoms with Crippen LogP contribution in [-0.2, 0) is 0 Å². The first kappa shape index (κ1) is 19.5. The summed E-state index contributed by atoms with van der Waals surface area (Å²) in [4.78, 5) is 16.0. The molecule has 0 radical (unpaired) electrons. The Hall–Kier alpha value is -3.48. The fourth-order valence-electron chi connectivity index (χ4n) is 3.72. The molecular weight excluding hydrogens is 384 g/mol. The average Bonchev–Trinajstić information content (AvgIpc) is 3.53. The Morgan fingerprint density at radius 2 is 0.839 bits per heavy atom. The summed E-state index contributed by atoms with van der Waals surface area (Å²) >= 11 is 0. The highest BCUT2D eigenvalue weighted by atomic mass is 15.3. The van der Waals surface area contributed by atoms with Gasteiger partial charge in [-0.3, -0.25) is 10.9 Å². The van der Waals surface area contributed by atoms with E-state index in [0.717, 1.165) is 57.9 Å². The second-order valence-corrected chi connectivity index (χ2v) is 7.82. The van der Waals surface area contributed by atoms with E-state index in [0.29, 0.717) is 0 Å². The Kier molecular flexibility index (Phi) is 5.73. The SMILES string of the molecule is C1=Cc2cc3ccc(cc4nc(cc5ccc(cc1n2)[nH]5)C=C4)[nH]3.C1CCNNCC1. The predicted molar refractivity (Wildman–Crippen MR) is 129 cm³/mol. The highest BCUT2D eigenvalue weighted by Gasteiger charge is 2.01. The van der Waals surface area contributed by atoms with Crippen LogP contribution in [-0.4, -0.2) is 33.0 Å². The van der Waals surface area contributed by atoms with Gasteiger partial charge < -0.3 is 9.97 Å². The van der Waals surface area contributed by atoms with Gasteiger partial charge in [0.25, 0.3) is 0 Å². The first-order valence-corrected chi connectivity index (χ1v) is 10.8. The van der Waals surface area contributed by atoms with Gasteiger partial charge in [-0.05, 0) is 85.7 Å². The first-order valence-electron chi connectivity index (χ1n) is 10.8. The number of hydrogen-bond acceptors (Lipinski definition) is 4. The summed E-state index contributed by atoms with van der Waals surface area (Å²) < 4.78 is 0. The standard InChI is InChI=1S/C20H14N4.C5H12N2/c1-2-14-10-16-5-6-18(23-16)12-20-8-7-19(24-20)11-17-4-3-15(22-17)9-13(1)21-14;1-2-4-6-7-5-3-1/h1-12,21,24H;6-7H,1-5H2. The van der Waals surface area contributed by atoms with Crippen LogP contribution in [0, 0.1) is 0 Å². The normalized spacial score (nSPS) is 15.2. The molecular formula is C25H26N6. The fourth-order valence-corrected chi connectivity index (χ4v) is 3.72. The van der Waals surface area contributed by atoms with E-state index in [4.69, 9.17) is 0 Å². The van der Waals surface area contributed by atoms with Gasteiger partial charge in [-0.1, -0.05) is 6.42 Å². The molecule has 1 saturated heterocycles. The molecule has 8 bridgehead atoms. The lowest BCUT2D eigenvalue weighted by molar-refractivity contribution is 0.573. The number of H-pyrrole nitrogens is 2. The van der Waals surface area contributed by atoms with Gasteiger partial charge in [0.2, 0.25) is 0 Å². The zero-order valence-electron chi connectivity index (χ0n) is 17.4. The zero-order valence-corrected chi connectivity index (χ0v) is 17.4. The third-order valence-corrected chi connectivity index (χ3v) is 5.27. The minimum atomic E-state index is 0.939. The quantitative estimate of drug-likeness (QED) is 0.292. The molecule has 0 saturated carbocycles. The van der Waals surface area contributed by atoms with Crippen LogP contribution in [0.5, 0.6) is 0 Å². The summed E-state index contributed by atoms with van der Waals surface area (Å²) in [5.41, 5.74) is 14.1. The smallest absolute Gasteiger partial charge is 0.0658 e. The van der Waals surface area contributed by atoms with Gasteiger partial charge in [0.05, 0.1) is 22.8 Å². The van der Waals surface area contributed by atoms with Crippen molar-refractivity contribution in [2.45, 2.75) is 19.3 Å². The van der Waals surface area contributed by atoms with Gasteiger partial charge in [0.1, 0.15) is 0 Å². The van der Waals surface area contributed by atoms with Gasteiger partial charge in [-0.25, -0.2) is 9.97 Å². The summed E-state index contributed by atoms with van der Waals surface area (Å²) in [6, 6.07) is 16.4. The third-order valence-electron chi connectivity index (χ3n) is 5.27. The number of fused-ring (bicyclic) bond motifs is 8. The van der Waals surface area contributed by atoms with Crippen LogP contribution >= 0.6 is 0 Å². The second kappa shape index (κ2) is 9.12. The molecule has 3 aromatic heterocycles. The number of aromatic amines is 2. The van der Waals surface area contributed by atoms with Gasteiger partial charge >= 0.3 is 0 Å². The van der Waals surface area contributed by atoms with Gasteiger partial charge in [0.15, 0.2) is 0 Å². The molecule has 0 atom stereocenters. The van der Waals surface area contributed by atoms with Crippen LogP contribution in [0.3, 0.4) is 0 Å². The number of hydrogen-bond donors (Lipinski definition) is 4. The highest BCUT2D eigenvalue weighted by molar-refractivity contribution is 5.77. The molecule has 0 amide bonds. The zero-order chi connectivity index (χ0) is 20.9. The molecule has 6 heterocycles. The second-order valence-electron chi connectivity index (χ2n) is 7.82. The van der Waals surface area contributed by atoms with Crippen molar-refractivity contribution in [3.63, 3.8) is 0 Å². The molecule has 6 rings (SSSR count). The minimum Gasteiger partial charge on any atom is -0.355 e. The summed E-state index contributed by atoms with van der Waals surface area (Å²) in [6.07, 6.45) is 12.1. The largest absolute Gasteiger partial charge is 0.355 e. The number of nitrogens with zero attached hydrogens (tertiary/aromatic N) is 2. The number of nitrogens with one attached hydrogen (secondary N) is 4. The molecule has 6 heteroatoms. The lowest BCUT2D eigenvalue weighted by atomic mass is 10.2. The van der Waals surface area contributed by atoms with Crippen molar-refractivity contribution < 1.29 is 0 Å². The van der Waals surface area contributed by atoms with E-state index < -0.39 is 0 Å². The summed E-state index contributed by atoms with van der Waals surface area (Å²) in [5, 5.41) is 0. The van der Waals surface area contributed by atoms with Crippen molar-refractivity contribution >= 4 is 46.4 Å². The van der Waals surface area contributed by atoms with Crippen LogP contribution in [0.25, 0.3) is 46.4 Å². The highest BCUT2D eigenvalue weighted by Crippen LogP contribution is 2.16. The fraction of sp³-hybridized carbons (Fsp3) is 0.200. The molecule has 0 spiro atoms. The molecule has 3 aromatic rings. The monoisotopic (exact) mass is 410 g/mol. The van der Waals surface area contributed by atoms with Crippen molar-refractivity contribution in [2.24, 2.45) is 0 Å². The van der Waals surface area contributed by atoms with Crippen LogP contribution in [0.4, 0.5) is 0 Å². The molecule has 3 aliphatic rings. The predicted octanol–water partition coefficient (Wildman–Crippen LogP) is 4.92. The molecule has 3 aliphatic heterocycles. The molecule has 6 nitrogen and oxygen atoms in total. The van der Waals surface area contributed by atoms with Gasteiger partial charge in [0, 0.05) is 35.2 Å². The van der Waals surface area contributed by atoms with Crippen molar-refractivity contribution in [1.29, 1.82) is 0 Å². The topological polar surface area (TPSA) is 81.4 Å². The van der Waals surface area contributed by atoms with E-state index in [-0.39, 0.29) is 0 Å². The lowest BCUT2D eigenvalue weighted by Crippen LogP contribution is -2.30. The number of hydrazine groups is 1. The van der Waals surface area contributed by atoms with E-state index in [1.807, 2.05) is 48.6 Å². The maximum atomic E-state index is 4.63. The Labute approximate surface area is 181 Å². The van der Waals surface area contributed by atoms with E-state index in [1.165, 1.54) is 19.3 Å². The average molecular weight is 411 g/mol. The molecule has 156 valence electrons. The van der Waals surface area contributed by atoms with Crippen LogP contribution < -0.4 is 10.9 Å². The molecule has 0 aliphatic carbocycles. The first-order chi connectivity index (χ1) is 15.3. The Bertz CT molecular complexity index is 1080. The Balaban J connectivity index is 0.000000250. The minimum absolute atomic E-state index is 0.939. The van der Waals surface area contributed by atoms with E-state index >= 15 is 0 Å². The summed E-state index contributed by atoms with van der Waals surface area (Å²) in [6.45, 7) is 2.28. The lowest BCUT2D eigenvalue weighted by Gasteiger charge is -1.95. The maximum absolute atomic E-state index is 4.63. The molecule has 4 N–H and O–H groups in total.